The van der Waals surface area contributed by atoms with Gasteiger partial charge in [-0.2, -0.15) is 0 Å². The van der Waals surface area contributed by atoms with E-state index in [4.69, 9.17) is 0 Å². The molecule has 1 N–H and O–H groups in total. The van der Waals surface area contributed by atoms with Crippen molar-refractivity contribution in [1.82, 2.24) is 14.8 Å². The lowest BCUT2D eigenvalue weighted by Crippen LogP contribution is -2.54. The number of nitrogens with zero attached hydrogens (tertiary/aromatic N) is 2. The Kier molecular flexibility index (Phi) is 5.03. The standard InChI is InChI=1S/C20H21N3O3S/c24-18-13-27-20(26)23(18)17-6-2-1-5-16(17)21-19(25)14-7-9-15(10-8-14)22-11-3-4-12-22/h3-4,7-12,16-17H,1-2,5-6,13H2,(H,21,25). The number of aromatic nitrogens is 1. The molecule has 0 spiro atoms. The zero-order chi connectivity index (χ0) is 18.8. The first-order chi connectivity index (χ1) is 13.1. The fourth-order valence-electron chi connectivity index (χ4n) is 3.82. The van der Waals surface area contributed by atoms with Crippen molar-refractivity contribution in [2.24, 2.45) is 0 Å². The van der Waals surface area contributed by atoms with Crippen molar-refractivity contribution in [1.29, 1.82) is 0 Å². The van der Waals surface area contributed by atoms with Crippen LogP contribution in [0.3, 0.4) is 0 Å². The van der Waals surface area contributed by atoms with Gasteiger partial charge in [-0.25, -0.2) is 0 Å². The summed E-state index contributed by atoms with van der Waals surface area (Å²) in [4.78, 5) is 38.3. The van der Waals surface area contributed by atoms with Crippen LogP contribution in [0.1, 0.15) is 36.0 Å². The Bertz CT molecular complexity index is 832. The lowest BCUT2D eigenvalue weighted by atomic mass is 9.89. The molecule has 3 amide bonds. The van der Waals surface area contributed by atoms with Gasteiger partial charge >= 0.3 is 0 Å². The molecule has 140 valence electrons. The fourth-order valence-corrected chi connectivity index (χ4v) is 4.58. The van der Waals surface area contributed by atoms with E-state index in [1.807, 2.05) is 41.2 Å². The summed E-state index contributed by atoms with van der Waals surface area (Å²) in [5.74, 6) is -0.110. The maximum Gasteiger partial charge on any atom is 0.289 e. The Balaban J connectivity index is 1.47. The van der Waals surface area contributed by atoms with Gasteiger partial charge in [0.2, 0.25) is 5.91 Å². The van der Waals surface area contributed by atoms with E-state index < -0.39 is 0 Å². The Labute approximate surface area is 161 Å². The van der Waals surface area contributed by atoms with Crippen LogP contribution >= 0.6 is 11.8 Å². The first-order valence-corrected chi connectivity index (χ1v) is 10.1. The maximum absolute atomic E-state index is 12.7. The highest BCUT2D eigenvalue weighted by Crippen LogP contribution is 2.30. The van der Waals surface area contributed by atoms with Crippen molar-refractivity contribution < 1.29 is 14.4 Å². The molecule has 7 heteroatoms. The Morgan fingerprint density at radius 1 is 1.04 bits per heavy atom. The average molecular weight is 383 g/mol. The third-order valence-electron chi connectivity index (χ3n) is 5.19. The number of rotatable bonds is 4. The van der Waals surface area contributed by atoms with Gasteiger partial charge in [-0.05, 0) is 49.2 Å². The van der Waals surface area contributed by atoms with Crippen LogP contribution in [-0.4, -0.2) is 44.4 Å². The van der Waals surface area contributed by atoms with Crippen LogP contribution in [0.2, 0.25) is 0 Å². The molecule has 2 heterocycles. The molecule has 1 aliphatic heterocycles. The summed E-state index contributed by atoms with van der Waals surface area (Å²) in [6.45, 7) is 0. The predicted octanol–water partition coefficient (Wildman–Crippen LogP) is 3.21. The second kappa shape index (κ2) is 7.60. The molecule has 2 fully saturated rings. The first-order valence-electron chi connectivity index (χ1n) is 9.16. The van der Waals surface area contributed by atoms with Crippen LogP contribution in [0.5, 0.6) is 0 Å². The summed E-state index contributed by atoms with van der Waals surface area (Å²) in [5, 5.41) is 2.86. The van der Waals surface area contributed by atoms with Crippen LogP contribution < -0.4 is 5.32 Å². The Morgan fingerprint density at radius 2 is 1.74 bits per heavy atom. The molecule has 1 saturated heterocycles. The molecule has 2 atom stereocenters. The monoisotopic (exact) mass is 383 g/mol. The van der Waals surface area contributed by atoms with Gasteiger partial charge < -0.3 is 9.88 Å². The SMILES string of the molecule is O=C(NC1CCCCC1N1C(=O)CSC1=O)c1ccc(-n2cccc2)cc1. The number of carbonyl (C=O) groups is 3. The fraction of sp³-hybridized carbons (Fsp3) is 0.350. The molecule has 1 aromatic carbocycles. The van der Waals surface area contributed by atoms with Gasteiger partial charge in [-0.15, -0.1) is 0 Å². The molecule has 2 aliphatic rings. The van der Waals surface area contributed by atoms with Gasteiger partial charge in [-0.1, -0.05) is 24.6 Å². The number of nitrogens with one attached hydrogen (secondary N) is 1. The summed E-state index contributed by atoms with van der Waals surface area (Å²) in [7, 11) is 0. The summed E-state index contributed by atoms with van der Waals surface area (Å²) < 4.78 is 1.97. The van der Waals surface area contributed by atoms with E-state index in [0.717, 1.165) is 43.1 Å². The lowest BCUT2D eigenvalue weighted by molar-refractivity contribution is -0.127. The average Bonchev–Trinajstić information content (AvgIpc) is 3.33. The normalized spacial score (nSPS) is 22.9. The van der Waals surface area contributed by atoms with E-state index in [-0.39, 0.29) is 34.9 Å². The van der Waals surface area contributed by atoms with Crippen LogP contribution in [-0.2, 0) is 4.79 Å². The van der Waals surface area contributed by atoms with Crippen molar-refractivity contribution in [3.8, 4) is 5.69 Å². The van der Waals surface area contributed by atoms with Crippen LogP contribution in [0, 0.1) is 0 Å². The number of carbonyl (C=O) groups excluding carboxylic acids is 3. The van der Waals surface area contributed by atoms with E-state index in [0.29, 0.717) is 5.56 Å². The van der Waals surface area contributed by atoms with E-state index in [1.165, 1.54) is 4.90 Å². The second-order valence-corrected chi connectivity index (χ2v) is 7.81. The molecular formula is C20H21N3O3S. The highest BCUT2D eigenvalue weighted by atomic mass is 32.2. The molecule has 1 aliphatic carbocycles. The third kappa shape index (κ3) is 3.64. The van der Waals surface area contributed by atoms with E-state index in [1.54, 1.807) is 12.1 Å². The minimum atomic E-state index is -0.239. The topological polar surface area (TPSA) is 71.4 Å². The molecule has 2 aromatic rings. The quantitative estimate of drug-likeness (QED) is 0.880. The molecule has 0 radical (unpaired) electrons. The highest BCUT2D eigenvalue weighted by molar-refractivity contribution is 8.14. The number of hydrogen-bond donors (Lipinski definition) is 1. The van der Waals surface area contributed by atoms with Crippen LogP contribution in [0.4, 0.5) is 4.79 Å². The van der Waals surface area contributed by atoms with Crippen molar-refractivity contribution in [2.45, 2.75) is 37.8 Å². The Morgan fingerprint density at radius 3 is 2.41 bits per heavy atom. The van der Waals surface area contributed by atoms with Crippen molar-refractivity contribution in [3.63, 3.8) is 0 Å². The maximum atomic E-state index is 12.7. The number of hydrogen-bond acceptors (Lipinski definition) is 4. The Hall–Kier alpha value is -2.54. The zero-order valence-electron chi connectivity index (χ0n) is 14.8. The van der Waals surface area contributed by atoms with Gasteiger partial charge in [0.25, 0.3) is 11.1 Å². The predicted molar refractivity (Wildman–Crippen MR) is 104 cm³/mol. The minimum Gasteiger partial charge on any atom is -0.347 e. The van der Waals surface area contributed by atoms with Crippen molar-refractivity contribution in [2.75, 3.05) is 5.75 Å². The molecule has 4 rings (SSSR count). The largest absolute Gasteiger partial charge is 0.347 e. The summed E-state index contributed by atoms with van der Waals surface area (Å²) >= 11 is 1.05. The van der Waals surface area contributed by atoms with Crippen LogP contribution in [0.25, 0.3) is 5.69 Å². The summed E-state index contributed by atoms with van der Waals surface area (Å²) in [5.41, 5.74) is 1.56. The number of amides is 3. The van der Waals surface area contributed by atoms with Crippen LogP contribution in [0.15, 0.2) is 48.8 Å². The molecule has 1 saturated carbocycles. The summed E-state index contributed by atoms with van der Waals surface area (Å²) in [6, 6.07) is 10.9. The second-order valence-electron chi connectivity index (χ2n) is 6.89. The summed E-state index contributed by atoms with van der Waals surface area (Å²) in [6.07, 6.45) is 7.37. The van der Waals surface area contributed by atoms with Crippen molar-refractivity contribution in [3.05, 3.63) is 54.4 Å². The van der Waals surface area contributed by atoms with E-state index in [2.05, 4.69) is 5.32 Å². The molecular weight excluding hydrogens is 362 g/mol. The molecule has 2 unspecified atom stereocenters. The van der Waals surface area contributed by atoms with E-state index in [9.17, 15) is 14.4 Å². The van der Waals surface area contributed by atoms with Gasteiger partial charge in [-0.3, -0.25) is 19.3 Å². The van der Waals surface area contributed by atoms with E-state index >= 15 is 0 Å². The van der Waals surface area contributed by atoms with Crippen molar-refractivity contribution >= 4 is 28.8 Å². The number of thioether (sulfide) groups is 1. The smallest absolute Gasteiger partial charge is 0.289 e. The molecule has 6 nitrogen and oxygen atoms in total. The molecule has 1 aromatic heterocycles. The van der Waals surface area contributed by atoms with Gasteiger partial charge in [0.15, 0.2) is 0 Å². The lowest BCUT2D eigenvalue weighted by Gasteiger charge is -2.36. The van der Waals surface area contributed by atoms with Gasteiger partial charge in [0.05, 0.1) is 17.8 Å². The third-order valence-corrected chi connectivity index (χ3v) is 6.03. The van der Waals surface area contributed by atoms with Gasteiger partial charge in [0, 0.05) is 23.6 Å². The van der Waals surface area contributed by atoms with Gasteiger partial charge in [0.1, 0.15) is 0 Å². The number of benzene rings is 1. The number of imide groups is 1. The molecule has 0 bridgehead atoms. The first kappa shape index (κ1) is 17.9. The molecule has 27 heavy (non-hydrogen) atoms. The highest BCUT2D eigenvalue weighted by Gasteiger charge is 2.41. The minimum absolute atomic E-state index is 0.146. The zero-order valence-corrected chi connectivity index (χ0v) is 15.7.